The van der Waals surface area contributed by atoms with Gasteiger partial charge in [-0.1, -0.05) is 12.1 Å². The lowest BCUT2D eigenvalue weighted by molar-refractivity contribution is -0.143. The van der Waals surface area contributed by atoms with Gasteiger partial charge in [0.15, 0.2) is 0 Å². The van der Waals surface area contributed by atoms with Gasteiger partial charge >= 0.3 is 12.4 Å². The lowest BCUT2D eigenvalue weighted by atomic mass is 9.87. The molecule has 0 saturated carbocycles. The molecule has 5 nitrogen and oxygen atoms in total. The predicted molar refractivity (Wildman–Crippen MR) is 122 cm³/mol. The summed E-state index contributed by atoms with van der Waals surface area (Å²) in [6.45, 7) is 0.559. The van der Waals surface area contributed by atoms with Crippen LogP contribution in [-0.2, 0) is 28.4 Å². The molecule has 0 spiro atoms. The van der Waals surface area contributed by atoms with Crippen LogP contribution in [-0.4, -0.2) is 37.0 Å². The minimum atomic E-state index is -4.97. The number of hydrogen-bond acceptors (Lipinski definition) is 3. The summed E-state index contributed by atoms with van der Waals surface area (Å²) in [5, 5.41) is 8.26. The smallest absolute Gasteiger partial charge is 0.354 e. The van der Waals surface area contributed by atoms with Crippen LogP contribution in [0.5, 0.6) is 0 Å². The molecule has 0 unspecified atom stereocenters. The fourth-order valence-corrected chi connectivity index (χ4v) is 3.94. The normalized spacial score (nSPS) is 16.0. The summed E-state index contributed by atoms with van der Waals surface area (Å²) in [6, 6.07) is 6.64. The molecule has 1 fully saturated rings. The Labute approximate surface area is 208 Å². The van der Waals surface area contributed by atoms with Gasteiger partial charge < -0.3 is 16.0 Å². The second-order valence-electron chi connectivity index (χ2n) is 8.63. The summed E-state index contributed by atoms with van der Waals surface area (Å²) in [5.41, 5.74) is -3.87. The predicted octanol–water partition coefficient (Wildman–Crippen LogP) is 4.47. The number of carbonyl (C=O) groups is 2. The van der Waals surface area contributed by atoms with E-state index < -0.39 is 46.7 Å². The molecule has 0 aliphatic carbocycles. The molecule has 0 bridgehead atoms. The molecule has 2 aromatic rings. The Hall–Kier alpha value is -3.41. The Morgan fingerprint density at radius 1 is 0.919 bits per heavy atom. The van der Waals surface area contributed by atoms with Gasteiger partial charge in [0, 0.05) is 12.6 Å². The Balaban J connectivity index is 1.68. The van der Waals surface area contributed by atoms with Crippen LogP contribution in [0.1, 0.15) is 35.1 Å². The van der Waals surface area contributed by atoms with E-state index in [-0.39, 0.29) is 37.4 Å². The van der Waals surface area contributed by atoms with Gasteiger partial charge in [0.1, 0.15) is 11.4 Å². The van der Waals surface area contributed by atoms with Crippen molar-refractivity contribution in [1.82, 2.24) is 16.0 Å². The first-order valence-corrected chi connectivity index (χ1v) is 11.3. The standard InChI is InChI=1S/C25H24F7N3O2/c26-20-4-1-16(2-5-20)3-6-21(36)35-23(8-11-33-12-9-23)22(37)34-10-7-17-13-18(24(27,28)29)15-19(14-17)25(30,31)32/h1-6,13-15,33H,7-12H2,(H,34,37)(H,35,36)/b6-3+. The highest BCUT2D eigenvalue weighted by Crippen LogP contribution is 2.36. The third-order valence-corrected chi connectivity index (χ3v) is 5.90. The van der Waals surface area contributed by atoms with Gasteiger partial charge in [-0.25, -0.2) is 4.39 Å². The number of halogens is 7. The van der Waals surface area contributed by atoms with Gasteiger partial charge in [-0.3, -0.25) is 9.59 Å². The minimum Gasteiger partial charge on any atom is -0.354 e. The monoisotopic (exact) mass is 531 g/mol. The molecule has 1 saturated heterocycles. The summed E-state index contributed by atoms with van der Waals surface area (Å²) < 4.78 is 91.5. The van der Waals surface area contributed by atoms with Gasteiger partial charge in [0.05, 0.1) is 11.1 Å². The fourth-order valence-electron chi connectivity index (χ4n) is 3.94. The minimum absolute atomic E-state index is 0.0428. The number of hydrogen-bond donors (Lipinski definition) is 3. The maximum atomic E-state index is 13.1. The number of alkyl halides is 6. The van der Waals surface area contributed by atoms with Crippen LogP contribution < -0.4 is 16.0 Å². The second kappa shape index (κ2) is 11.3. The topological polar surface area (TPSA) is 70.2 Å². The summed E-state index contributed by atoms with van der Waals surface area (Å²) in [4.78, 5) is 25.6. The molecule has 3 rings (SSSR count). The average molecular weight is 531 g/mol. The van der Waals surface area contributed by atoms with E-state index in [0.29, 0.717) is 30.8 Å². The van der Waals surface area contributed by atoms with Crippen LogP contribution in [0.4, 0.5) is 30.7 Å². The first-order valence-electron chi connectivity index (χ1n) is 11.3. The lowest BCUT2D eigenvalue weighted by Crippen LogP contribution is -2.62. The molecule has 2 amide bonds. The highest BCUT2D eigenvalue weighted by atomic mass is 19.4. The molecule has 0 atom stereocenters. The third kappa shape index (κ3) is 7.78. The third-order valence-electron chi connectivity index (χ3n) is 5.90. The number of carbonyl (C=O) groups excluding carboxylic acids is 2. The van der Waals surface area contributed by atoms with Gasteiger partial charge in [0.2, 0.25) is 11.8 Å². The lowest BCUT2D eigenvalue weighted by Gasteiger charge is -2.36. The van der Waals surface area contributed by atoms with E-state index in [1.165, 1.54) is 36.4 Å². The summed E-state index contributed by atoms with van der Waals surface area (Å²) in [5.74, 6) is -1.62. The van der Waals surface area contributed by atoms with Crippen LogP contribution in [0.2, 0.25) is 0 Å². The van der Waals surface area contributed by atoms with Crippen molar-refractivity contribution in [2.45, 2.75) is 37.2 Å². The van der Waals surface area contributed by atoms with E-state index in [0.717, 1.165) is 0 Å². The molecule has 0 radical (unpaired) electrons. The van der Waals surface area contributed by atoms with Crippen LogP contribution in [0.25, 0.3) is 6.08 Å². The Bertz CT molecular complexity index is 1100. The SMILES string of the molecule is O=C(/C=C/c1ccc(F)cc1)NC1(C(=O)NCCc2cc(C(F)(F)F)cc(C(F)(F)F)c2)CCNCC1. The first-order chi connectivity index (χ1) is 17.3. The molecular weight excluding hydrogens is 507 g/mol. The van der Waals surface area contributed by atoms with Crippen molar-refractivity contribution in [3.8, 4) is 0 Å². The number of benzene rings is 2. The Morgan fingerprint density at radius 2 is 1.49 bits per heavy atom. The van der Waals surface area contributed by atoms with E-state index in [2.05, 4.69) is 16.0 Å². The highest BCUT2D eigenvalue weighted by molar-refractivity contribution is 5.97. The summed E-state index contributed by atoms with van der Waals surface area (Å²) in [6.07, 6.45) is -7.16. The highest BCUT2D eigenvalue weighted by Gasteiger charge is 2.40. The Morgan fingerprint density at radius 3 is 2.03 bits per heavy atom. The largest absolute Gasteiger partial charge is 0.416 e. The first kappa shape index (κ1) is 28.2. The van der Waals surface area contributed by atoms with Gasteiger partial charge in [-0.2, -0.15) is 26.3 Å². The van der Waals surface area contributed by atoms with Crippen LogP contribution >= 0.6 is 0 Å². The van der Waals surface area contributed by atoms with Crippen molar-refractivity contribution in [2.75, 3.05) is 19.6 Å². The second-order valence-corrected chi connectivity index (χ2v) is 8.63. The number of amides is 2. The number of nitrogens with one attached hydrogen (secondary N) is 3. The van der Waals surface area contributed by atoms with E-state index >= 15 is 0 Å². The van der Waals surface area contributed by atoms with Crippen molar-refractivity contribution in [1.29, 1.82) is 0 Å². The van der Waals surface area contributed by atoms with Gasteiger partial charge in [0.25, 0.3) is 0 Å². The average Bonchev–Trinajstić information content (AvgIpc) is 2.83. The van der Waals surface area contributed by atoms with Crippen LogP contribution in [0, 0.1) is 5.82 Å². The van der Waals surface area contributed by atoms with E-state index in [1.54, 1.807) is 0 Å². The molecule has 3 N–H and O–H groups in total. The molecule has 37 heavy (non-hydrogen) atoms. The van der Waals surface area contributed by atoms with Crippen molar-refractivity contribution >= 4 is 17.9 Å². The number of piperidine rings is 1. The van der Waals surface area contributed by atoms with Crippen LogP contribution in [0.15, 0.2) is 48.5 Å². The fraction of sp³-hybridized carbons (Fsp3) is 0.360. The molecule has 1 aliphatic rings. The van der Waals surface area contributed by atoms with Crippen LogP contribution in [0.3, 0.4) is 0 Å². The quantitative estimate of drug-likeness (QED) is 0.365. The zero-order valence-corrected chi connectivity index (χ0v) is 19.4. The maximum Gasteiger partial charge on any atom is 0.416 e. The Kier molecular flexibility index (Phi) is 8.62. The zero-order chi connectivity index (χ0) is 27.3. The van der Waals surface area contributed by atoms with E-state index in [9.17, 15) is 40.3 Å². The molecule has 1 heterocycles. The molecule has 12 heteroatoms. The van der Waals surface area contributed by atoms with Crippen molar-refractivity contribution < 1.29 is 40.3 Å². The van der Waals surface area contributed by atoms with Crippen molar-refractivity contribution in [3.63, 3.8) is 0 Å². The molecule has 1 aliphatic heterocycles. The van der Waals surface area contributed by atoms with Gasteiger partial charge in [-0.05, 0) is 79.9 Å². The molecule has 200 valence electrons. The van der Waals surface area contributed by atoms with Gasteiger partial charge in [-0.15, -0.1) is 0 Å². The molecule has 0 aromatic heterocycles. The zero-order valence-electron chi connectivity index (χ0n) is 19.4. The maximum absolute atomic E-state index is 13.1. The summed E-state index contributed by atoms with van der Waals surface area (Å²) in [7, 11) is 0. The summed E-state index contributed by atoms with van der Waals surface area (Å²) >= 11 is 0. The molecular formula is C25H24F7N3O2. The van der Waals surface area contributed by atoms with Crippen molar-refractivity contribution in [3.05, 3.63) is 76.6 Å². The number of rotatable bonds is 7. The van der Waals surface area contributed by atoms with E-state index in [4.69, 9.17) is 0 Å². The molecule has 2 aromatic carbocycles. The van der Waals surface area contributed by atoms with E-state index in [1.807, 2.05) is 0 Å². The van der Waals surface area contributed by atoms with Crippen molar-refractivity contribution in [2.24, 2.45) is 0 Å².